The Morgan fingerprint density at radius 2 is 1.73 bits per heavy atom. The molecule has 0 spiro atoms. The molecule has 1 aliphatic rings. The lowest BCUT2D eigenvalue weighted by molar-refractivity contribution is -0.0361. The summed E-state index contributed by atoms with van der Waals surface area (Å²) in [7, 11) is 0. The van der Waals surface area contributed by atoms with E-state index in [1.54, 1.807) is 0 Å². The normalized spacial score (nSPS) is 24.2. The molecule has 1 saturated carbocycles. The largest absolute Gasteiger partial charge is 0.388 e. The average molecular weight is 215 g/mol. The van der Waals surface area contributed by atoms with Crippen molar-refractivity contribution in [1.29, 1.82) is 0 Å². The quantitative estimate of drug-likeness (QED) is 0.752. The molecule has 0 aromatic heterocycles. The van der Waals surface area contributed by atoms with Gasteiger partial charge in [-0.1, -0.05) is 32.1 Å². The van der Waals surface area contributed by atoms with E-state index in [1.165, 1.54) is 19.3 Å². The number of nitrogens with two attached hydrogens (primary N) is 1. The van der Waals surface area contributed by atoms with E-state index in [0.29, 0.717) is 13.2 Å². The molecule has 1 unspecified atom stereocenters. The van der Waals surface area contributed by atoms with Crippen molar-refractivity contribution in [3.05, 3.63) is 0 Å². The van der Waals surface area contributed by atoms with Gasteiger partial charge in [-0.3, -0.25) is 0 Å². The summed E-state index contributed by atoms with van der Waals surface area (Å²) in [5.74, 6) is 0. The zero-order valence-corrected chi connectivity index (χ0v) is 9.87. The highest BCUT2D eigenvalue weighted by Crippen LogP contribution is 2.28. The van der Waals surface area contributed by atoms with Gasteiger partial charge in [0.25, 0.3) is 0 Å². The van der Waals surface area contributed by atoms with Crippen molar-refractivity contribution in [2.75, 3.05) is 13.2 Å². The molecule has 3 N–H and O–H groups in total. The van der Waals surface area contributed by atoms with Crippen LogP contribution in [0.25, 0.3) is 0 Å². The smallest absolute Gasteiger partial charge is 0.0820 e. The maximum absolute atomic E-state index is 10.5. The number of hydrogen-bond donors (Lipinski definition) is 2. The summed E-state index contributed by atoms with van der Waals surface area (Å²) in [5, 5.41) is 10.5. The summed E-state index contributed by atoms with van der Waals surface area (Å²) in [4.78, 5) is 0. The first-order valence-electron chi connectivity index (χ1n) is 6.25. The van der Waals surface area contributed by atoms with E-state index in [2.05, 4.69) is 0 Å². The van der Waals surface area contributed by atoms with E-state index in [4.69, 9.17) is 10.5 Å². The molecule has 1 atom stereocenters. The minimum absolute atomic E-state index is 0.226. The van der Waals surface area contributed by atoms with Crippen LogP contribution in [-0.4, -0.2) is 30.0 Å². The summed E-state index contributed by atoms with van der Waals surface area (Å²) in [6, 6.07) is -0.226. The SMILES string of the molecule is CCOCC(N)C1(O)CCCCCCC1. The maximum atomic E-state index is 10.5. The summed E-state index contributed by atoms with van der Waals surface area (Å²) in [6.45, 7) is 3.10. The van der Waals surface area contributed by atoms with Crippen LogP contribution in [0.5, 0.6) is 0 Å². The Hall–Kier alpha value is -0.120. The van der Waals surface area contributed by atoms with Crippen molar-refractivity contribution in [3.8, 4) is 0 Å². The number of hydrogen-bond acceptors (Lipinski definition) is 3. The van der Waals surface area contributed by atoms with Gasteiger partial charge in [-0.15, -0.1) is 0 Å². The van der Waals surface area contributed by atoms with Crippen molar-refractivity contribution < 1.29 is 9.84 Å². The molecule has 0 heterocycles. The Morgan fingerprint density at radius 3 is 2.27 bits per heavy atom. The first-order valence-corrected chi connectivity index (χ1v) is 6.25. The Balaban J connectivity index is 2.44. The topological polar surface area (TPSA) is 55.5 Å². The number of aliphatic hydroxyl groups is 1. The van der Waals surface area contributed by atoms with Gasteiger partial charge in [0.15, 0.2) is 0 Å². The summed E-state index contributed by atoms with van der Waals surface area (Å²) in [6.07, 6.45) is 7.61. The molecule has 3 nitrogen and oxygen atoms in total. The Kier molecular flexibility index (Phi) is 5.58. The van der Waals surface area contributed by atoms with E-state index in [9.17, 15) is 5.11 Å². The van der Waals surface area contributed by atoms with Gasteiger partial charge in [0, 0.05) is 6.61 Å². The lowest BCUT2D eigenvalue weighted by Crippen LogP contribution is -2.51. The molecule has 0 bridgehead atoms. The molecule has 1 fully saturated rings. The highest BCUT2D eigenvalue weighted by atomic mass is 16.5. The standard InChI is InChI=1S/C12H25NO2/c1-2-15-10-11(13)12(14)8-6-4-3-5-7-9-12/h11,14H,2-10,13H2,1H3. The van der Waals surface area contributed by atoms with Gasteiger partial charge < -0.3 is 15.6 Å². The zero-order chi connectivity index (χ0) is 11.1. The lowest BCUT2D eigenvalue weighted by Gasteiger charge is -2.35. The van der Waals surface area contributed by atoms with Gasteiger partial charge in [0.1, 0.15) is 0 Å². The monoisotopic (exact) mass is 215 g/mol. The van der Waals surface area contributed by atoms with E-state index in [0.717, 1.165) is 25.7 Å². The lowest BCUT2D eigenvalue weighted by atomic mass is 9.82. The van der Waals surface area contributed by atoms with Crippen LogP contribution in [-0.2, 0) is 4.74 Å². The molecule has 90 valence electrons. The van der Waals surface area contributed by atoms with Crippen molar-refractivity contribution >= 4 is 0 Å². The van der Waals surface area contributed by atoms with Gasteiger partial charge in [0.05, 0.1) is 18.2 Å². The highest BCUT2D eigenvalue weighted by Gasteiger charge is 2.33. The fourth-order valence-corrected chi connectivity index (χ4v) is 2.29. The van der Waals surface area contributed by atoms with Crippen LogP contribution < -0.4 is 5.73 Å². The summed E-state index contributed by atoms with van der Waals surface area (Å²) >= 11 is 0. The third kappa shape index (κ3) is 4.09. The van der Waals surface area contributed by atoms with Crippen LogP contribution in [0.3, 0.4) is 0 Å². The van der Waals surface area contributed by atoms with E-state index in [1.807, 2.05) is 6.92 Å². The Morgan fingerprint density at radius 1 is 1.20 bits per heavy atom. The molecule has 0 aromatic carbocycles. The molecule has 0 aromatic rings. The molecule has 1 aliphatic carbocycles. The average Bonchev–Trinajstić information content (AvgIpc) is 2.20. The molecule has 3 heteroatoms. The second kappa shape index (κ2) is 6.46. The third-order valence-corrected chi connectivity index (χ3v) is 3.41. The molecular formula is C12H25NO2. The van der Waals surface area contributed by atoms with Crippen LogP contribution >= 0.6 is 0 Å². The van der Waals surface area contributed by atoms with Crippen molar-refractivity contribution in [1.82, 2.24) is 0 Å². The van der Waals surface area contributed by atoms with Crippen LogP contribution in [0.4, 0.5) is 0 Å². The van der Waals surface area contributed by atoms with Crippen LogP contribution in [0.15, 0.2) is 0 Å². The van der Waals surface area contributed by atoms with Crippen LogP contribution in [0, 0.1) is 0 Å². The second-order valence-electron chi connectivity index (χ2n) is 4.64. The summed E-state index contributed by atoms with van der Waals surface area (Å²) in [5.41, 5.74) is 5.33. The maximum Gasteiger partial charge on any atom is 0.0820 e. The Labute approximate surface area is 93.0 Å². The van der Waals surface area contributed by atoms with Crippen molar-refractivity contribution in [2.45, 2.75) is 63.5 Å². The molecule has 1 rings (SSSR count). The van der Waals surface area contributed by atoms with Crippen molar-refractivity contribution in [2.24, 2.45) is 5.73 Å². The molecular weight excluding hydrogens is 190 g/mol. The third-order valence-electron chi connectivity index (χ3n) is 3.41. The predicted octanol–water partition coefficient (Wildman–Crippen LogP) is 1.83. The minimum Gasteiger partial charge on any atom is -0.388 e. The van der Waals surface area contributed by atoms with Gasteiger partial charge in [-0.2, -0.15) is 0 Å². The molecule has 0 aliphatic heterocycles. The van der Waals surface area contributed by atoms with Gasteiger partial charge in [0.2, 0.25) is 0 Å². The molecule has 0 amide bonds. The molecule has 0 radical (unpaired) electrons. The number of ether oxygens (including phenoxy) is 1. The van der Waals surface area contributed by atoms with Crippen LogP contribution in [0.1, 0.15) is 51.9 Å². The van der Waals surface area contributed by atoms with Crippen LogP contribution in [0.2, 0.25) is 0 Å². The van der Waals surface area contributed by atoms with E-state index < -0.39 is 5.60 Å². The second-order valence-corrected chi connectivity index (χ2v) is 4.64. The minimum atomic E-state index is -0.685. The van der Waals surface area contributed by atoms with Crippen molar-refractivity contribution in [3.63, 3.8) is 0 Å². The van der Waals surface area contributed by atoms with E-state index >= 15 is 0 Å². The van der Waals surface area contributed by atoms with Gasteiger partial charge in [-0.05, 0) is 19.8 Å². The van der Waals surface area contributed by atoms with E-state index in [-0.39, 0.29) is 6.04 Å². The first-order chi connectivity index (χ1) is 7.19. The van der Waals surface area contributed by atoms with Gasteiger partial charge in [-0.25, -0.2) is 0 Å². The fraction of sp³-hybridized carbons (Fsp3) is 1.00. The Bertz CT molecular complexity index is 165. The first kappa shape index (κ1) is 12.9. The molecule has 15 heavy (non-hydrogen) atoms. The predicted molar refractivity (Wildman–Crippen MR) is 61.7 cm³/mol. The fourth-order valence-electron chi connectivity index (χ4n) is 2.29. The van der Waals surface area contributed by atoms with Gasteiger partial charge >= 0.3 is 0 Å². The number of rotatable bonds is 4. The highest BCUT2D eigenvalue weighted by molar-refractivity contribution is 4.90. The summed E-state index contributed by atoms with van der Waals surface area (Å²) < 4.78 is 5.30. The zero-order valence-electron chi connectivity index (χ0n) is 9.87. The molecule has 0 saturated heterocycles.